The smallest absolute Gasteiger partial charge is 0.225 e. The fraction of sp³-hybridized carbons (Fsp3) is 0.318. The average Bonchev–Trinajstić information content (AvgIpc) is 2.71. The molecule has 0 aliphatic rings. The maximum Gasteiger partial charge on any atom is 0.225 e. The third-order valence-electron chi connectivity index (χ3n) is 4.44. The molecule has 0 unspecified atom stereocenters. The quantitative estimate of drug-likeness (QED) is 0.554. The summed E-state index contributed by atoms with van der Waals surface area (Å²) in [6.45, 7) is 4.67. The molecule has 146 valence electrons. The molecule has 0 saturated heterocycles. The Labute approximate surface area is 167 Å². The molecule has 0 atom stereocenters. The van der Waals surface area contributed by atoms with Crippen LogP contribution >= 0.6 is 0 Å². The second-order valence-corrected chi connectivity index (χ2v) is 7.04. The third kappa shape index (κ3) is 5.76. The highest BCUT2D eigenvalue weighted by Crippen LogP contribution is 2.20. The molecule has 28 heavy (non-hydrogen) atoms. The van der Waals surface area contributed by atoms with Gasteiger partial charge in [0.05, 0.1) is 11.4 Å². The number of hydrogen-bond acceptors (Lipinski definition) is 6. The number of aryl methyl sites for hydroxylation is 1. The number of pyridine rings is 1. The van der Waals surface area contributed by atoms with Crippen molar-refractivity contribution < 1.29 is 0 Å². The van der Waals surface area contributed by atoms with Gasteiger partial charge in [0.2, 0.25) is 5.95 Å². The van der Waals surface area contributed by atoms with E-state index in [0.717, 1.165) is 36.7 Å². The van der Waals surface area contributed by atoms with Crippen LogP contribution in [0.4, 0.5) is 11.8 Å². The zero-order chi connectivity index (χ0) is 19.8. The Bertz CT molecular complexity index is 879. The molecule has 2 heterocycles. The Hall–Kier alpha value is -2.99. The van der Waals surface area contributed by atoms with Crippen LogP contribution in [-0.2, 0) is 6.54 Å². The standard InChI is InChI=1S/C22H28N6/c1-17-9-4-5-10-18(17)16-25-21-15-20(19-11-6-7-12-23-19)26-22(27-21)24-13-8-14-28(2)3/h4-7,9-12,15H,8,13-14,16H2,1-3H3,(H2,24,25,26,27). The fourth-order valence-electron chi connectivity index (χ4n) is 2.85. The molecule has 0 amide bonds. The second kappa shape index (κ2) is 9.80. The first-order chi connectivity index (χ1) is 13.6. The summed E-state index contributed by atoms with van der Waals surface area (Å²) >= 11 is 0. The van der Waals surface area contributed by atoms with Gasteiger partial charge in [0, 0.05) is 25.4 Å². The van der Waals surface area contributed by atoms with Crippen molar-refractivity contribution >= 4 is 11.8 Å². The zero-order valence-corrected chi connectivity index (χ0v) is 16.8. The molecule has 6 nitrogen and oxygen atoms in total. The topological polar surface area (TPSA) is 66.0 Å². The molecule has 0 spiro atoms. The molecule has 0 radical (unpaired) electrons. The van der Waals surface area contributed by atoms with Crippen LogP contribution in [0.1, 0.15) is 17.5 Å². The number of nitrogens with one attached hydrogen (secondary N) is 2. The number of nitrogens with zero attached hydrogens (tertiary/aromatic N) is 4. The fourth-order valence-corrected chi connectivity index (χ4v) is 2.85. The van der Waals surface area contributed by atoms with Gasteiger partial charge >= 0.3 is 0 Å². The highest BCUT2D eigenvalue weighted by Gasteiger charge is 2.08. The van der Waals surface area contributed by atoms with Crippen molar-refractivity contribution in [2.45, 2.75) is 19.9 Å². The summed E-state index contributed by atoms with van der Waals surface area (Å²) in [7, 11) is 4.15. The Balaban J connectivity index is 1.77. The lowest BCUT2D eigenvalue weighted by molar-refractivity contribution is 0.405. The molecule has 2 aromatic heterocycles. The van der Waals surface area contributed by atoms with E-state index in [1.807, 2.05) is 24.3 Å². The SMILES string of the molecule is Cc1ccccc1CNc1cc(-c2ccccn2)nc(NCCCN(C)C)n1. The van der Waals surface area contributed by atoms with Crippen LogP contribution < -0.4 is 10.6 Å². The van der Waals surface area contributed by atoms with Crippen LogP contribution in [0.2, 0.25) is 0 Å². The van der Waals surface area contributed by atoms with Crippen molar-refractivity contribution in [3.05, 3.63) is 65.9 Å². The van der Waals surface area contributed by atoms with E-state index in [9.17, 15) is 0 Å². The molecule has 3 rings (SSSR count). The van der Waals surface area contributed by atoms with Crippen molar-refractivity contribution in [1.29, 1.82) is 0 Å². The zero-order valence-electron chi connectivity index (χ0n) is 16.8. The lowest BCUT2D eigenvalue weighted by atomic mass is 10.1. The van der Waals surface area contributed by atoms with Crippen LogP contribution in [0, 0.1) is 6.92 Å². The van der Waals surface area contributed by atoms with Crippen molar-refractivity contribution in [2.24, 2.45) is 0 Å². The summed E-state index contributed by atoms with van der Waals surface area (Å²) in [5, 5.41) is 6.78. The molecule has 0 bridgehead atoms. The summed E-state index contributed by atoms with van der Waals surface area (Å²) in [6, 6.07) is 16.1. The van der Waals surface area contributed by atoms with Gasteiger partial charge in [0.25, 0.3) is 0 Å². The van der Waals surface area contributed by atoms with Crippen LogP contribution in [0.25, 0.3) is 11.4 Å². The number of anilines is 2. The van der Waals surface area contributed by atoms with Gasteiger partial charge in [-0.1, -0.05) is 30.3 Å². The highest BCUT2D eigenvalue weighted by atomic mass is 15.1. The summed E-state index contributed by atoms with van der Waals surface area (Å²) < 4.78 is 0. The molecule has 6 heteroatoms. The Kier molecular flexibility index (Phi) is 6.92. The summed E-state index contributed by atoms with van der Waals surface area (Å²) in [5.74, 6) is 1.41. The predicted molar refractivity (Wildman–Crippen MR) is 115 cm³/mol. The van der Waals surface area contributed by atoms with Crippen molar-refractivity contribution in [2.75, 3.05) is 37.8 Å². The van der Waals surface area contributed by atoms with Crippen LogP contribution in [-0.4, -0.2) is 47.0 Å². The minimum Gasteiger partial charge on any atom is -0.366 e. The summed E-state index contributed by atoms with van der Waals surface area (Å²) in [4.78, 5) is 15.9. The Morgan fingerprint density at radius 2 is 1.75 bits per heavy atom. The first kappa shape index (κ1) is 19.8. The van der Waals surface area contributed by atoms with Gasteiger partial charge in [0.1, 0.15) is 5.82 Å². The predicted octanol–water partition coefficient (Wildman–Crippen LogP) is 3.82. The second-order valence-electron chi connectivity index (χ2n) is 7.04. The van der Waals surface area contributed by atoms with Crippen molar-refractivity contribution in [1.82, 2.24) is 19.9 Å². The highest BCUT2D eigenvalue weighted by molar-refractivity contribution is 5.61. The lowest BCUT2D eigenvalue weighted by Crippen LogP contribution is -2.17. The molecule has 3 aromatic rings. The molecule has 0 aliphatic carbocycles. The first-order valence-electron chi connectivity index (χ1n) is 9.59. The Morgan fingerprint density at radius 3 is 2.50 bits per heavy atom. The van der Waals surface area contributed by atoms with E-state index in [-0.39, 0.29) is 0 Å². The van der Waals surface area contributed by atoms with Crippen molar-refractivity contribution in [3.8, 4) is 11.4 Å². The molecule has 1 aromatic carbocycles. The minimum absolute atomic E-state index is 0.620. The molecule has 2 N–H and O–H groups in total. The van der Waals surface area contributed by atoms with Gasteiger partial charge in [-0.3, -0.25) is 4.98 Å². The van der Waals surface area contributed by atoms with Gasteiger partial charge < -0.3 is 15.5 Å². The largest absolute Gasteiger partial charge is 0.366 e. The summed E-state index contributed by atoms with van der Waals surface area (Å²) in [6.07, 6.45) is 2.80. The van der Waals surface area contributed by atoms with E-state index in [2.05, 4.69) is 75.8 Å². The Morgan fingerprint density at radius 1 is 0.929 bits per heavy atom. The molecular formula is C22H28N6. The minimum atomic E-state index is 0.620. The van der Waals surface area contributed by atoms with Crippen LogP contribution in [0.15, 0.2) is 54.7 Å². The normalized spacial score (nSPS) is 10.9. The van der Waals surface area contributed by atoms with E-state index in [4.69, 9.17) is 0 Å². The van der Waals surface area contributed by atoms with E-state index in [1.54, 1.807) is 6.20 Å². The van der Waals surface area contributed by atoms with Crippen LogP contribution in [0.5, 0.6) is 0 Å². The molecule has 0 fully saturated rings. The van der Waals surface area contributed by atoms with Crippen LogP contribution in [0.3, 0.4) is 0 Å². The van der Waals surface area contributed by atoms with Crippen molar-refractivity contribution in [3.63, 3.8) is 0 Å². The number of rotatable bonds is 9. The number of aromatic nitrogens is 3. The van der Waals surface area contributed by atoms with Gasteiger partial charge in [-0.15, -0.1) is 0 Å². The van der Waals surface area contributed by atoms with E-state index in [0.29, 0.717) is 12.5 Å². The molecule has 0 saturated carbocycles. The number of hydrogen-bond donors (Lipinski definition) is 2. The maximum absolute atomic E-state index is 4.65. The van der Waals surface area contributed by atoms with E-state index in [1.165, 1.54) is 11.1 Å². The van der Waals surface area contributed by atoms with Gasteiger partial charge in [-0.25, -0.2) is 4.98 Å². The van der Waals surface area contributed by atoms with E-state index >= 15 is 0 Å². The average molecular weight is 377 g/mol. The lowest BCUT2D eigenvalue weighted by Gasteiger charge is -2.13. The van der Waals surface area contributed by atoms with Gasteiger partial charge in [0.15, 0.2) is 0 Å². The van der Waals surface area contributed by atoms with Gasteiger partial charge in [-0.2, -0.15) is 4.98 Å². The van der Waals surface area contributed by atoms with E-state index < -0.39 is 0 Å². The number of benzene rings is 1. The van der Waals surface area contributed by atoms with Gasteiger partial charge in [-0.05, 0) is 57.2 Å². The monoisotopic (exact) mass is 376 g/mol. The molecular weight excluding hydrogens is 348 g/mol. The first-order valence-corrected chi connectivity index (χ1v) is 9.59. The third-order valence-corrected chi connectivity index (χ3v) is 4.44. The maximum atomic E-state index is 4.65. The molecule has 0 aliphatic heterocycles. The summed E-state index contributed by atoms with van der Waals surface area (Å²) in [5.41, 5.74) is 4.15.